The molecule has 0 spiro atoms. The van der Waals surface area contributed by atoms with Crippen molar-refractivity contribution >= 4 is 0 Å². The summed E-state index contributed by atoms with van der Waals surface area (Å²) < 4.78 is 69.7. The van der Waals surface area contributed by atoms with Gasteiger partial charge in [0.1, 0.15) is 0 Å². The van der Waals surface area contributed by atoms with E-state index in [1.54, 1.807) is 19.1 Å². The molecule has 1 aliphatic rings. The van der Waals surface area contributed by atoms with Gasteiger partial charge in [-0.1, -0.05) is 49.7 Å². The van der Waals surface area contributed by atoms with E-state index in [2.05, 4.69) is 6.92 Å². The fourth-order valence-corrected chi connectivity index (χ4v) is 4.54. The van der Waals surface area contributed by atoms with Crippen molar-refractivity contribution in [3.8, 4) is 28.0 Å². The zero-order valence-electron chi connectivity index (χ0n) is 19.3. The van der Waals surface area contributed by atoms with E-state index in [1.807, 2.05) is 12.1 Å². The van der Waals surface area contributed by atoms with Crippen LogP contribution in [0.1, 0.15) is 51.0 Å². The summed E-state index contributed by atoms with van der Waals surface area (Å²) >= 11 is 0. The van der Waals surface area contributed by atoms with Crippen molar-refractivity contribution in [3.05, 3.63) is 77.4 Å². The molecule has 3 aromatic rings. The fourth-order valence-electron chi connectivity index (χ4n) is 4.54. The van der Waals surface area contributed by atoms with Gasteiger partial charge in [-0.15, -0.1) is 0 Å². The smallest absolute Gasteiger partial charge is 0.201 e. The second-order valence-corrected chi connectivity index (χ2v) is 8.60. The topological polar surface area (TPSA) is 18.5 Å². The van der Waals surface area contributed by atoms with Gasteiger partial charge in [0.2, 0.25) is 5.82 Å². The van der Waals surface area contributed by atoms with Crippen LogP contribution in [0.5, 0.6) is 5.75 Å². The SMILES string of the molecule is CCCC1CCC(c2ccc(-c3ccc(-c4ccc(OCC)c(F)c4F)c(F)c3F)cc2)CO1. The van der Waals surface area contributed by atoms with E-state index in [0.29, 0.717) is 18.3 Å². The number of rotatable bonds is 7. The molecule has 2 unspecified atom stereocenters. The quantitative estimate of drug-likeness (QED) is 0.324. The Morgan fingerprint density at radius 1 is 0.765 bits per heavy atom. The first-order valence-electron chi connectivity index (χ1n) is 11.8. The second-order valence-electron chi connectivity index (χ2n) is 8.60. The predicted molar refractivity (Wildman–Crippen MR) is 125 cm³/mol. The normalized spacial score (nSPS) is 18.2. The monoisotopic (exact) mass is 472 g/mol. The van der Waals surface area contributed by atoms with Crippen molar-refractivity contribution < 1.29 is 27.0 Å². The molecular formula is C28H28F4O2. The van der Waals surface area contributed by atoms with Gasteiger partial charge in [0.15, 0.2) is 23.2 Å². The summed E-state index contributed by atoms with van der Waals surface area (Å²) in [5.74, 6) is -4.84. The summed E-state index contributed by atoms with van der Waals surface area (Å²) in [5, 5.41) is 0. The molecule has 34 heavy (non-hydrogen) atoms. The lowest BCUT2D eigenvalue weighted by Gasteiger charge is -2.29. The Balaban J connectivity index is 1.57. The van der Waals surface area contributed by atoms with E-state index in [1.165, 1.54) is 24.3 Å². The van der Waals surface area contributed by atoms with Gasteiger partial charge in [-0.2, -0.15) is 4.39 Å². The van der Waals surface area contributed by atoms with Gasteiger partial charge in [0, 0.05) is 22.6 Å². The van der Waals surface area contributed by atoms with Gasteiger partial charge in [-0.25, -0.2) is 13.2 Å². The van der Waals surface area contributed by atoms with Crippen LogP contribution < -0.4 is 4.74 Å². The van der Waals surface area contributed by atoms with Gasteiger partial charge in [-0.3, -0.25) is 0 Å². The summed E-state index contributed by atoms with van der Waals surface area (Å²) in [6, 6.07) is 12.4. The van der Waals surface area contributed by atoms with Gasteiger partial charge in [-0.05, 0) is 49.4 Å². The molecule has 3 aromatic carbocycles. The van der Waals surface area contributed by atoms with Crippen LogP contribution in [-0.2, 0) is 4.74 Å². The fraction of sp³-hybridized carbons (Fsp3) is 0.357. The van der Waals surface area contributed by atoms with Crippen molar-refractivity contribution in [2.24, 2.45) is 0 Å². The van der Waals surface area contributed by atoms with E-state index in [9.17, 15) is 13.2 Å². The maximum absolute atomic E-state index is 15.0. The van der Waals surface area contributed by atoms with E-state index in [4.69, 9.17) is 9.47 Å². The standard InChI is InChI=1S/C28H28F4O2/c1-3-5-20-11-10-19(16-34-20)17-6-8-18(9-7-17)21-12-13-22(26(30)25(21)29)23-14-15-24(33-4-2)28(32)27(23)31/h6-9,12-15,19-20H,3-5,10-11,16H2,1-2H3. The molecule has 1 heterocycles. The van der Waals surface area contributed by atoms with Crippen LogP contribution in [0, 0.1) is 23.3 Å². The van der Waals surface area contributed by atoms with Gasteiger partial charge in [0.25, 0.3) is 0 Å². The van der Waals surface area contributed by atoms with Crippen LogP contribution in [0.25, 0.3) is 22.3 Å². The summed E-state index contributed by atoms with van der Waals surface area (Å²) in [4.78, 5) is 0. The molecule has 1 aliphatic heterocycles. The Labute approximate surface area is 197 Å². The van der Waals surface area contributed by atoms with Crippen LogP contribution >= 0.6 is 0 Å². The Morgan fingerprint density at radius 2 is 1.38 bits per heavy atom. The molecule has 1 saturated heterocycles. The van der Waals surface area contributed by atoms with Crippen molar-refractivity contribution in [2.45, 2.75) is 51.6 Å². The lowest BCUT2D eigenvalue weighted by molar-refractivity contribution is -0.00111. The number of hydrogen-bond donors (Lipinski definition) is 0. The van der Waals surface area contributed by atoms with E-state index in [0.717, 1.165) is 31.2 Å². The largest absolute Gasteiger partial charge is 0.491 e. The molecule has 1 fully saturated rings. The minimum Gasteiger partial charge on any atom is -0.491 e. The number of hydrogen-bond acceptors (Lipinski definition) is 2. The third kappa shape index (κ3) is 4.83. The number of benzene rings is 3. The number of halogens is 4. The predicted octanol–water partition coefficient (Wildman–Crippen LogP) is 8.04. The van der Waals surface area contributed by atoms with Crippen molar-refractivity contribution in [1.29, 1.82) is 0 Å². The van der Waals surface area contributed by atoms with Gasteiger partial charge < -0.3 is 9.47 Å². The molecule has 0 amide bonds. The molecule has 0 aliphatic carbocycles. The molecule has 180 valence electrons. The lowest BCUT2D eigenvalue weighted by Crippen LogP contribution is -2.24. The molecule has 0 bridgehead atoms. The summed E-state index contributed by atoms with van der Waals surface area (Å²) in [6.07, 6.45) is 4.55. The third-order valence-electron chi connectivity index (χ3n) is 6.39. The van der Waals surface area contributed by atoms with Crippen molar-refractivity contribution in [3.63, 3.8) is 0 Å². The minimum absolute atomic E-state index is 0.0579. The zero-order valence-corrected chi connectivity index (χ0v) is 19.3. The highest BCUT2D eigenvalue weighted by Crippen LogP contribution is 2.36. The Hall–Kier alpha value is -2.86. The summed E-state index contributed by atoms with van der Waals surface area (Å²) in [6.45, 7) is 4.60. The molecule has 0 radical (unpaired) electrons. The Morgan fingerprint density at radius 3 is 2.00 bits per heavy atom. The number of ether oxygens (including phenoxy) is 2. The molecule has 6 heteroatoms. The molecule has 2 nitrogen and oxygen atoms in total. The molecule has 0 aromatic heterocycles. The summed E-state index contributed by atoms with van der Waals surface area (Å²) in [7, 11) is 0. The first-order valence-corrected chi connectivity index (χ1v) is 11.8. The molecule has 4 rings (SSSR count). The highest BCUT2D eigenvalue weighted by atomic mass is 19.2. The first-order chi connectivity index (χ1) is 16.4. The van der Waals surface area contributed by atoms with Crippen LogP contribution in [0.3, 0.4) is 0 Å². The van der Waals surface area contributed by atoms with Gasteiger partial charge >= 0.3 is 0 Å². The third-order valence-corrected chi connectivity index (χ3v) is 6.39. The average molecular weight is 473 g/mol. The van der Waals surface area contributed by atoms with Crippen molar-refractivity contribution in [2.75, 3.05) is 13.2 Å². The molecular weight excluding hydrogens is 444 g/mol. The minimum atomic E-state index is -1.28. The van der Waals surface area contributed by atoms with E-state index < -0.39 is 23.3 Å². The van der Waals surface area contributed by atoms with Gasteiger partial charge in [0.05, 0.1) is 19.3 Å². The van der Waals surface area contributed by atoms with Crippen LogP contribution in [0.2, 0.25) is 0 Å². The van der Waals surface area contributed by atoms with E-state index >= 15 is 4.39 Å². The summed E-state index contributed by atoms with van der Waals surface area (Å²) in [5.41, 5.74) is 0.951. The lowest BCUT2D eigenvalue weighted by atomic mass is 9.89. The Kier molecular flexibility index (Phi) is 7.57. The van der Waals surface area contributed by atoms with Crippen molar-refractivity contribution in [1.82, 2.24) is 0 Å². The molecule has 2 atom stereocenters. The maximum Gasteiger partial charge on any atom is 0.201 e. The Bertz CT molecular complexity index is 1140. The van der Waals surface area contributed by atoms with Crippen LogP contribution in [-0.4, -0.2) is 19.3 Å². The van der Waals surface area contributed by atoms with Crippen LogP contribution in [0.4, 0.5) is 17.6 Å². The molecule has 0 saturated carbocycles. The highest BCUT2D eigenvalue weighted by molar-refractivity contribution is 5.72. The second kappa shape index (κ2) is 10.6. The maximum atomic E-state index is 15.0. The van der Waals surface area contributed by atoms with E-state index in [-0.39, 0.29) is 35.0 Å². The highest BCUT2D eigenvalue weighted by Gasteiger charge is 2.24. The molecule has 0 N–H and O–H groups in total. The zero-order chi connectivity index (χ0) is 24.2. The average Bonchev–Trinajstić information content (AvgIpc) is 2.85. The first kappa shape index (κ1) is 24.3. The van der Waals surface area contributed by atoms with Crippen LogP contribution in [0.15, 0.2) is 48.5 Å².